The van der Waals surface area contributed by atoms with E-state index >= 15 is 0 Å². The number of aromatic hydroxyl groups is 2. The third-order valence-corrected chi connectivity index (χ3v) is 8.72. The molecule has 6 atom stereocenters. The van der Waals surface area contributed by atoms with Crippen LogP contribution in [0.25, 0.3) is 0 Å². The van der Waals surface area contributed by atoms with Gasteiger partial charge in [-0.3, -0.25) is 0 Å². The summed E-state index contributed by atoms with van der Waals surface area (Å²) in [6.45, 7) is 0.627. The minimum atomic E-state index is -2.23. The fraction of sp³-hybridized carbons (Fsp3) is 0.444. The molecule has 13 heteroatoms. The van der Waals surface area contributed by atoms with Crippen molar-refractivity contribution in [1.82, 2.24) is 3.88 Å². The summed E-state index contributed by atoms with van der Waals surface area (Å²) >= 11 is 1.87. The Morgan fingerprint density at radius 3 is 2.52 bits per heavy atom. The van der Waals surface area contributed by atoms with Crippen molar-refractivity contribution in [3.8, 4) is 17.2 Å². The van der Waals surface area contributed by atoms with Gasteiger partial charge < -0.3 is 4.74 Å². The third-order valence-electron chi connectivity index (χ3n) is 7.88. The Hall–Kier alpha value is -2.70. The molecule has 40 heavy (non-hydrogen) atoms. The molecular weight excluding hydrogens is 709 g/mol. The van der Waals surface area contributed by atoms with Gasteiger partial charge in [-0.1, -0.05) is 12.1 Å². The predicted molar refractivity (Wildman–Crippen MR) is 131 cm³/mol. The second kappa shape index (κ2) is 10.6. The van der Waals surface area contributed by atoms with Crippen LogP contribution in [0.5, 0.6) is 17.2 Å². The van der Waals surface area contributed by atoms with Crippen molar-refractivity contribution in [3.05, 3.63) is 51.6 Å². The molecule has 217 valence electrons. The topological polar surface area (TPSA) is 192 Å². The van der Waals surface area contributed by atoms with Crippen LogP contribution in [0.2, 0.25) is 0 Å². The van der Waals surface area contributed by atoms with E-state index in [2.05, 4.69) is 3.88 Å². The number of fused-ring (bicyclic) bond motifs is 3. The molecule has 5 rings (SSSR count). The van der Waals surface area contributed by atoms with E-state index in [1.165, 1.54) is 25.3 Å². The van der Waals surface area contributed by atoms with E-state index in [4.69, 9.17) is 14.2 Å². The Morgan fingerprint density at radius 1 is 1.18 bits per heavy atom. The van der Waals surface area contributed by atoms with Gasteiger partial charge in [0.1, 0.15) is 0 Å². The fourth-order valence-electron chi connectivity index (χ4n) is 5.81. The number of aliphatic hydroxyl groups excluding tert-OH is 2. The third kappa shape index (κ3) is 4.39. The molecular formula is C27H28NO11Pt. The van der Waals surface area contributed by atoms with Gasteiger partial charge in [0.05, 0.1) is 7.11 Å². The molecule has 0 amide bonds. The summed E-state index contributed by atoms with van der Waals surface area (Å²) in [5.41, 5.74) is -3.53. The molecule has 2 aromatic rings. The molecule has 1 fully saturated rings. The summed E-state index contributed by atoms with van der Waals surface area (Å²) in [5, 5.41) is 54.1. The van der Waals surface area contributed by atoms with Crippen LogP contribution in [0.1, 0.15) is 68.8 Å². The van der Waals surface area contributed by atoms with Crippen LogP contribution >= 0.6 is 0 Å². The molecule has 0 aromatic heterocycles. The first kappa shape index (κ1) is 28.8. The molecule has 3 aliphatic rings. The van der Waals surface area contributed by atoms with Crippen molar-refractivity contribution in [1.29, 1.82) is 0 Å². The minimum absolute atomic E-state index is 0.0441. The molecule has 4 unspecified atom stereocenters. The van der Waals surface area contributed by atoms with Gasteiger partial charge in [-0.2, -0.15) is 0 Å². The number of phenolic OH excluding ortho intramolecular Hbond substituents is 2. The number of ether oxygens (including phenoxy) is 3. The summed E-state index contributed by atoms with van der Waals surface area (Å²) in [6.07, 6.45) is -4.69. The number of carbonyl (C=O) groups is 3. The van der Waals surface area contributed by atoms with Gasteiger partial charge >= 0.3 is 210 Å². The Morgan fingerprint density at radius 2 is 1.88 bits per heavy atom. The molecule has 0 radical (unpaired) electrons. The van der Waals surface area contributed by atoms with Crippen LogP contribution in [-0.2, 0) is 40.8 Å². The van der Waals surface area contributed by atoms with Crippen LogP contribution in [0.4, 0.5) is 0 Å². The van der Waals surface area contributed by atoms with Crippen LogP contribution < -0.4 is 8.61 Å². The van der Waals surface area contributed by atoms with Gasteiger partial charge in [0, 0.05) is 0 Å². The average molecular weight is 738 g/mol. The summed E-state index contributed by atoms with van der Waals surface area (Å²) in [7, 11) is 1.33. The Bertz CT molecular complexity index is 1410. The molecule has 2 aliphatic carbocycles. The molecule has 1 saturated heterocycles. The summed E-state index contributed by atoms with van der Waals surface area (Å²) in [6, 6.07) is 3.95. The van der Waals surface area contributed by atoms with E-state index in [1.54, 1.807) is 6.92 Å². The van der Waals surface area contributed by atoms with E-state index in [9.17, 15) is 39.9 Å². The molecule has 1 heterocycles. The van der Waals surface area contributed by atoms with E-state index in [0.29, 0.717) is 0 Å². The standard InChI is InChI=1S/C27H28NO11.Pt/c1-10-22(31)13(28)6-17(38-10)39-15-8-27(36,16(30)9-29)7-12-19(15)26(35)21-20(24(12)33)23(32)11-4-3-5-14(37-2)18(11)25(21)34;/h3-5,10,13,15,17,22,28-29,31,33,35-36H,6-9H2,1-2H3;/q-1;+1/t10?,13?,15-,17?,22?,27-;/m0./s1. The quantitative estimate of drug-likeness (QED) is 0.187. The van der Waals surface area contributed by atoms with E-state index in [-0.39, 0.29) is 34.4 Å². The van der Waals surface area contributed by atoms with Crippen LogP contribution in [0.3, 0.4) is 0 Å². The fourth-order valence-corrected chi connectivity index (χ4v) is 6.46. The number of hydrogen-bond donors (Lipinski definition) is 6. The molecule has 0 bridgehead atoms. The first-order valence-corrected chi connectivity index (χ1v) is 13.7. The van der Waals surface area contributed by atoms with Crippen molar-refractivity contribution < 1.29 is 74.2 Å². The zero-order valence-electron chi connectivity index (χ0n) is 21.4. The van der Waals surface area contributed by atoms with E-state index < -0.39 is 95.7 Å². The van der Waals surface area contributed by atoms with Crippen molar-refractivity contribution in [2.75, 3.05) is 13.7 Å². The maximum absolute atomic E-state index is 13.7. The summed E-state index contributed by atoms with van der Waals surface area (Å²) in [5.74, 6) is -3.70. The molecule has 2 aromatic carbocycles. The number of phenols is 2. The number of aliphatic hydroxyl groups is 3. The van der Waals surface area contributed by atoms with Crippen LogP contribution in [-0.4, -0.2) is 86.7 Å². The normalized spacial score (nSPS) is 29.4. The number of benzene rings is 2. The van der Waals surface area contributed by atoms with Crippen LogP contribution in [0, 0.1) is 0 Å². The van der Waals surface area contributed by atoms with Crippen molar-refractivity contribution in [2.24, 2.45) is 0 Å². The summed E-state index contributed by atoms with van der Waals surface area (Å²) in [4.78, 5) is 39.9. The molecule has 12 nitrogen and oxygen atoms in total. The number of Topliss-reactive ketones (excluding diaryl/α,β-unsaturated/α-hetero) is 1. The Kier molecular flexibility index (Phi) is 7.64. The SMILES string of the molecule is COc1cccc2c1C(=O)c1c(O)c3c(c(O)c1C2=O)C[C@@](O)(C(=O)CO)C[C@@H]3OC1CC([NH][Pt])C(O)C(C)O1. The monoisotopic (exact) mass is 737 g/mol. The second-order valence-electron chi connectivity index (χ2n) is 10.2. The molecule has 0 spiro atoms. The Balaban J connectivity index is 1.68. The number of ketones is 3. The number of hydrogen-bond acceptors (Lipinski definition) is 12. The van der Waals surface area contributed by atoms with Gasteiger partial charge in [-0.15, -0.1) is 0 Å². The zero-order chi connectivity index (χ0) is 29.1. The number of nitrogens with one attached hydrogen (secondary N) is 1. The van der Waals surface area contributed by atoms with E-state index in [1.807, 2.05) is 20.1 Å². The first-order valence-electron chi connectivity index (χ1n) is 12.5. The predicted octanol–water partition coefficient (Wildman–Crippen LogP) is 0.0940. The van der Waals surface area contributed by atoms with Gasteiger partial charge in [-0.25, -0.2) is 0 Å². The van der Waals surface area contributed by atoms with Gasteiger partial charge in [-0.05, 0) is 6.07 Å². The van der Waals surface area contributed by atoms with E-state index in [0.717, 1.165) is 0 Å². The Labute approximate surface area is 240 Å². The maximum atomic E-state index is 13.7. The molecule has 1 aliphatic heterocycles. The summed E-state index contributed by atoms with van der Waals surface area (Å²) < 4.78 is 20.2. The van der Waals surface area contributed by atoms with Crippen molar-refractivity contribution >= 4 is 17.3 Å². The number of rotatable bonds is 6. The van der Waals surface area contributed by atoms with Gasteiger partial charge in [0.25, 0.3) is 0 Å². The van der Waals surface area contributed by atoms with Crippen LogP contribution in [0.15, 0.2) is 18.2 Å². The molecule has 6 N–H and O–H groups in total. The first-order chi connectivity index (χ1) is 19.0. The number of methoxy groups -OCH3 is 1. The zero-order valence-corrected chi connectivity index (χ0v) is 23.7. The second-order valence-corrected chi connectivity index (χ2v) is 10.8. The number of carbonyl (C=O) groups excluding carboxylic acids is 3. The van der Waals surface area contributed by atoms with Gasteiger partial charge in [0.15, 0.2) is 0 Å². The van der Waals surface area contributed by atoms with Gasteiger partial charge in [0.2, 0.25) is 0 Å². The molecule has 0 saturated carbocycles. The van der Waals surface area contributed by atoms with Crippen molar-refractivity contribution in [2.45, 2.75) is 62.4 Å². The van der Waals surface area contributed by atoms with Crippen molar-refractivity contribution in [3.63, 3.8) is 0 Å². The average Bonchev–Trinajstić information content (AvgIpc) is 2.94.